The molecule has 0 bridgehead atoms. The Bertz CT molecular complexity index is 648. The van der Waals surface area contributed by atoms with E-state index in [2.05, 4.69) is 5.32 Å². The van der Waals surface area contributed by atoms with Crippen LogP contribution in [0.1, 0.15) is 32.1 Å². The van der Waals surface area contributed by atoms with Gasteiger partial charge in [0.25, 0.3) is 0 Å². The van der Waals surface area contributed by atoms with Gasteiger partial charge in [0.05, 0.1) is 0 Å². The Morgan fingerprint density at radius 3 is 2.52 bits per heavy atom. The maximum absolute atomic E-state index is 12.7. The molecule has 2 fully saturated rings. The molecule has 6 heteroatoms. The van der Waals surface area contributed by atoms with Crippen molar-refractivity contribution in [3.05, 3.63) is 18.2 Å². The molecule has 1 aliphatic carbocycles. The number of carbonyl (C=O) groups is 2. The molecule has 6 nitrogen and oxygen atoms in total. The third-order valence-corrected chi connectivity index (χ3v) is 4.87. The summed E-state index contributed by atoms with van der Waals surface area (Å²) in [4.78, 5) is 27.2. The molecule has 3 aliphatic rings. The van der Waals surface area contributed by atoms with Crippen molar-refractivity contribution >= 4 is 17.5 Å². The minimum atomic E-state index is -0.853. The zero-order valence-corrected chi connectivity index (χ0v) is 13.0. The van der Waals surface area contributed by atoms with Crippen LogP contribution in [0.25, 0.3) is 0 Å². The van der Waals surface area contributed by atoms with Crippen LogP contribution in [0.4, 0.5) is 5.69 Å². The lowest BCUT2D eigenvalue weighted by Gasteiger charge is -2.30. The van der Waals surface area contributed by atoms with Crippen molar-refractivity contribution in [2.24, 2.45) is 5.41 Å². The fourth-order valence-electron chi connectivity index (χ4n) is 3.29. The van der Waals surface area contributed by atoms with Crippen LogP contribution in [-0.2, 0) is 9.59 Å². The van der Waals surface area contributed by atoms with Crippen LogP contribution in [-0.4, -0.2) is 36.6 Å². The summed E-state index contributed by atoms with van der Waals surface area (Å²) in [6.07, 6.45) is 4.51. The molecule has 122 valence electrons. The second-order valence-electron chi connectivity index (χ2n) is 6.46. The number of benzene rings is 1. The number of likely N-dealkylation sites (tertiary alicyclic amines) is 1. The maximum Gasteiger partial charge on any atom is 0.240 e. The summed E-state index contributed by atoms with van der Waals surface area (Å²) in [5.74, 6) is 1.09. The molecule has 0 unspecified atom stereocenters. The van der Waals surface area contributed by atoms with Crippen LogP contribution in [0.15, 0.2) is 18.2 Å². The summed E-state index contributed by atoms with van der Waals surface area (Å²) >= 11 is 0. The summed E-state index contributed by atoms with van der Waals surface area (Å²) in [6, 6.07) is 5.28. The number of anilines is 1. The molecule has 2 heterocycles. The number of nitrogens with one attached hydrogen (secondary N) is 1. The summed E-state index contributed by atoms with van der Waals surface area (Å²) < 4.78 is 10.6. The van der Waals surface area contributed by atoms with Crippen molar-refractivity contribution in [3.8, 4) is 11.5 Å². The van der Waals surface area contributed by atoms with Crippen molar-refractivity contribution in [1.82, 2.24) is 4.90 Å². The van der Waals surface area contributed by atoms with Gasteiger partial charge in [0.2, 0.25) is 18.6 Å². The van der Waals surface area contributed by atoms with Gasteiger partial charge in [-0.3, -0.25) is 9.59 Å². The molecule has 1 saturated heterocycles. The van der Waals surface area contributed by atoms with Crippen LogP contribution in [0.2, 0.25) is 0 Å². The molecule has 2 amide bonds. The lowest BCUT2D eigenvalue weighted by atomic mass is 10.0. The van der Waals surface area contributed by atoms with Gasteiger partial charge in [-0.25, -0.2) is 0 Å². The largest absolute Gasteiger partial charge is 0.454 e. The van der Waals surface area contributed by atoms with E-state index < -0.39 is 5.41 Å². The van der Waals surface area contributed by atoms with Gasteiger partial charge >= 0.3 is 0 Å². The Labute approximate surface area is 134 Å². The number of ether oxygens (including phenoxy) is 2. The molecule has 1 saturated carbocycles. The Morgan fingerprint density at radius 2 is 1.78 bits per heavy atom. The lowest BCUT2D eigenvalue weighted by Crippen LogP contribution is -2.45. The molecular weight excluding hydrogens is 296 g/mol. The Kier molecular flexibility index (Phi) is 3.39. The molecule has 0 atom stereocenters. The van der Waals surface area contributed by atoms with E-state index >= 15 is 0 Å². The molecule has 0 radical (unpaired) electrons. The average molecular weight is 316 g/mol. The highest BCUT2D eigenvalue weighted by atomic mass is 16.7. The van der Waals surface area contributed by atoms with Crippen molar-refractivity contribution in [1.29, 1.82) is 0 Å². The van der Waals surface area contributed by atoms with Crippen LogP contribution < -0.4 is 14.8 Å². The smallest absolute Gasteiger partial charge is 0.240 e. The molecule has 0 aromatic heterocycles. The Morgan fingerprint density at radius 1 is 1.04 bits per heavy atom. The van der Waals surface area contributed by atoms with Gasteiger partial charge in [-0.2, -0.15) is 0 Å². The number of rotatable bonds is 3. The minimum Gasteiger partial charge on any atom is -0.454 e. The number of fused-ring (bicyclic) bond motifs is 1. The number of carbonyl (C=O) groups excluding carboxylic acids is 2. The van der Waals surface area contributed by atoms with Gasteiger partial charge < -0.3 is 19.7 Å². The van der Waals surface area contributed by atoms with E-state index in [1.54, 1.807) is 18.2 Å². The van der Waals surface area contributed by atoms with Crippen molar-refractivity contribution in [3.63, 3.8) is 0 Å². The zero-order valence-electron chi connectivity index (χ0n) is 13.0. The van der Waals surface area contributed by atoms with E-state index in [1.165, 1.54) is 6.42 Å². The Hall–Kier alpha value is -2.24. The maximum atomic E-state index is 12.7. The van der Waals surface area contributed by atoms with E-state index in [0.717, 1.165) is 25.9 Å². The fraction of sp³-hybridized carbons (Fsp3) is 0.529. The van der Waals surface area contributed by atoms with Gasteiger partial charge in [0, 0.05) is 24.8 Å². The number of hydrogen-bond acceptors (Lipinski definition) is 4. The minimum absolute atomic E-state index is 0.00422. The number of piperidine rings is 1. The van der Waals surface area contributed by atoms with Crippen LogP contribution in [0.3, 0.4) is 0 Å². The van der Waals surface area contributed by atoms with E-state index in [1.807, 2.05) is 4.90 Å². The third-order valence-electron chi connectivity index (χ3n) is 4.87. The first-order valence-corrected chi connectivity index (χ1v) is 8.20. The molecule has 1 N–H and O–H groups in total. The number of nitrogens with zero attached hydrogens (tertiary/aromatic N) is 1. The monoisotopic (exact) mass is 316 g/mol. The van der Waals surface area contributed by atoms with Gasteiger partial charge in [-0.05, 0) is 44.2 Å². The topological polar surface area (TPSA) is 67.9 Å². The normalized spacial score (nSPS) is 21.0. The Balaban J connectivity index is 1.47. The highest BCUT2D eigenvalue weighted by Crippen LogP contribution is 2.48. The molecular formula is C17H20N2O4. The molecule has 1 aromatic carbocycles. The summed E-state index contributed by atoms with van der Waals surface area (Å²) in [7, 11) is 0. The third kappa shape index (κ3) is 2.52. The van der Waals surface area contributed by atoms with E-state index in [4.69, 9.17) is 9.47 Å². The van der Waals surface area contributed by atoms with Gasteiger partial charge in [-0.1, -0.05) is 0 Å². The van der Waals surface area contributed by atoms with E-state index in [9.17, 15) is 9.59 Å². The molecule has 1 aromatic rings. The quantitative estimate of drug-likeness (QED) is 0.868. The molecule has 4 rings (SSSR count). The van der Waals surface area contributed by atoms with Crippen molar-refractivity contribution in [2.45, 2.75) is 32.1 Å². The van der Waals surface area contributed by atoms with Crippen LogP contribution in [0.5, 0.6) is 11.5 Å². The summed E-state index contributed by atoms with van der Waals surface area (Å²) in [5, 5.41) is 2.87. The SMILES string of the molecule is O=C(Nc1ccc2c(c1)OCO2)C1(C(=O)N2CCCCC2)CC1. The zero-order chi connectivity index (χ0) is 15.9. The predicted molar refractivity (Wildman–Crippen MR) is 83.3 cm³/mol. The highest BCUT2D eigenvalue weighted by Gasteiger charge is 2.58. The number of amides is 2. The van der Waals surface area contributed by atoms with E-state index in [-0.39, 0.29) is 18.6 Å². The highest BCUT2D eigenvalue weighted by molar-refractivity contribution is 6.13. The van der Waals surface area contributed by atoms with Crippen LogP contribution in [0, 0.1) is 5.41 Å². The van der Waals surface area contributed by atoms with Crippen molar-refractivity contribution in [2.75, 3.05) is 25.2 Å². The molecule has 0 spiro atoms. The standard InChI is InChI=1S/C17H20N2O4/c20-15(18-12-4-5-13-14(10-12)23-11-22-13)17(6-7-17)16(21)19-8-2-1-3-9-19/h4-5,10H,1-3,6-9,11H2,(H,18,20). The first-order chi connectivity index (χ1) is 11.2. The summed E-state index contributed by atoms with van der Waals surface area (Å²) in [6.45, 7) is 1.75. The van der Waals surface area contributed by atoms with Crippen molar-refractivity contribution < 1.29 is 19.1 Å². The van der Waals surface area contributed by atoms with Crippen LogP contribution >= 0.6 is 0 Å². The molecule has 2 aliphatic heterocycles. The van der Waals surface area contributed by atoms with E-state index in [0.29, 0.717) is 30.0 Å². The second-order valence-corrected chi connectivity index (χ2v) is 6.46. The fourth-order valence-corrected chi connectivity index (χ4v) is 3.29. The molecule has 23 heavy (non-hydrogen) atoms. The van der Waals surface area contributed by atoms with Gasteiger partial charge in [-0.15, -0.1) is 0 Å². The average Bonchev–Trinajstić information content (AvgIpc) is 3.27. The first kappa shape index (κ1) is 14.4. The second kappa shape index (κ2) is 5.44. The first-order valence-electron chi connectivity index (χ1n) is 8.20. The number of hydrogen-bond donors (Lipinski definition) is 1. The van der Waals surface area contributed by atoms with Gasteiger partial charge in [0.15, 0.2) is 11.5 Å². The predicted octanol–water partition coefficient (Wildman–Crippen LogP) is 2.15. The summed E-state index contributed by atoms with van der Waals surface area (Å²) in [5.41, 5.74) is -0.217. The lowest BCUT2D eigenvalue weighted by molar-refractivity contribution is -0.143. The van der Waals surface area contributed by atoms with Gasteiger partial charge in [0.1, 0.15) is 5.41 Å².